The van der Waals surface area contributed by atoms with Crippen LogP contribution in [0.1, 0.15) is 50.3 Å². The van der Waals surface area contributed by atoms with Crippen molar-refractivity contribution in [3.05, 3.63) is 64.2 Å². The number of carbonyl (C=O) groups excluding carboxylic acids is 1. The van der Waals surface area contributed by atoms with Crippen molar-refractivity contribution in [2.24, 2.45) is 0 Å². The summed E-state index contributed by atoms with van der Waals surface area (Å²) in [6.07, 6.45) is 9.66. The summed E-state index contributed by atoms with van der Waals surface area (Å²) in [5.41, 5.74) is 4.56. The SMILES string of the molecule is C\C=C(Cl)/C(=C\C=C\CC)c1ccc2c(c1)CN(C(=O)CC)C2. The molecule has 122 valence electrons. The van der Waals surface area contributed by atoms with Crippen LogP contribution < -0.4 is 0 Å². The molecule has 0 N–H and O–H groups in total. The molecule has 0 saturated carbocycles. The molecule has 1 aromatic carbocycles. The summed E-state index contributed by atoms with van der Waals surface area (Å²) in [5, 5.41) is 0.741. The number of rotatable bonds is 5. The smallest absolute Gasteiger partial charge is 0.222 e. The Morgan fingerprint density at radius 1 is 1.26 bits per heavy atom. The number of fused-ring (bicyclic) bond motifs is 1. The number of hydrogen-bond acceptors (Lipinski definition) is 1. The molecule has 2 rings (SSSR count). The van der Waals surface area contributed by atoms with Gasteiger partial charge in [-0.15, -0.1) is 0 Å². The highest BCUT2D eigenvalue weighted by Crippen LogP contribution is 2.31. The van der Waals surface area contributed by atoms with Gasteiger partial charge in [0.1, 0.15) is 0 Å². The molecule has 0 bridgehead atoms. The normalized spacial score (nSPS) is 15.4. The Morgan fingerprint density at radius 2 is 2.00 bits per heavy atom. The Morgan fingerprint density at radius 3 is 2.65 bits per heavy atom. The van der Waals surface area contributed by atoms with E-state index < -0.39 is 0 Å². The minimum atomic E-state index is 0.205. The first kappa shape index (κ1) is 17.6. The molecule has 0 atom stereocenters. The molecular formula is C20H24ClNO. The molecule has 1 heterocycles. The van der Waals surface area contributed by atoms with Crippen molar-refractivity contribution in [3.63, 3.8) is 0 Å². The van der Waals surface area contributed by atoms with Crippen molar-refractivity contribution in [2.75, 3.05) is 0 Å². The van der Waals surface area contributed by atoms with E-state index in [9.17, 15) is 4.79 Å². The minimum Gasteiger partial charge on any atom is -0.334 e. The zero-order valence-corrected chi connectivity index (χ0v) is 14.9. The lowest BCUT2D eigenvalue weighted by Gasteiger charge is -2.13. The predicted octanol–water partition coefficient (Wildman–Crippen LogP) is 5.43. The summed E-state index contributed by atoms with van der Waals surface area (Å²) >= 11 is 6.39. The maximum atomic E-state index is 11.9. The van der Waals surface area contributed by atoms with Crippen LogP contribution in [-0.2, 0) is 17.9 Å². The lowest BCUT2D eigenvalue weighted by Crippen LogP contribution is -2.23. The molecule has 1 amide bonds. The molecule has 3 heteroatoms. The molecule has 0 spiro atoms. The number of allylic oxidation sites excluding steroid dienone is 6. The fourth-order valence-electron chi connectivity index (χ4n) is 2.73. The number of nitrogens with zero attached hydrogens (tertiary/aromatic N) is 1. The van der Waals surface area contributed by atoms with Gasteiger partial charge in [-0.05, 0) is 41.7 Å². The topological polar surface area (TPSA) is 20.3 Å². The second-order valence-corrected chi connectivity index (χ2v) is 6.05. The Balaban J connectivity index is 2.33. The fourth-order valence-corrected chi connectivity index (χ4v) is 2.90. The molecule has 2 nitrogen and oxygen atoms in total. The summed E-state index contributed by atoms with van der Waals surface area (Å²) < 4.78 is 0. The van der Waals surface area contributed by atoms with E-state index in [1.165, 1.54) is 11.1 Å². The zero-order chi connectivity index (χ0) is 16.8. The average Bonchev–Trinajstić information content (AvgIpc) is 3.00. The Kier molecular flexibility index (Phi) is 6.23. The molecule has 0 saturated heterocycles. The summed E-state index contributed by atoms with van der Waals surface area (Å²) in [6.45, 7) is 7.37. The van der Waals surface area contributed by atoms with E-state index in [0.717, 1.165) is 22.6 Å². The van der Waals surface area contributed by atoms with Crippen LogP contribution in [0.2, 0.25) is 0 Å². The fraction of sp³-hybridized carbons (Fsp3) is 0.350. The highest BCUT2D eigenvalue weighted by atomic mass is 35.5. The molecule has 0 aliphatic carbocycles. The summed E-state index contributed by atoms with van der Waals surface area (Å²) in [6, 6.07) is 6.37. The maximum Gasteiger partial charge on any atom is 0.222 e. The van der Waals surface area contributed by atoms with Crippen LogP contribution >= 0.6 is 11.6 Å². The van der Waals surface area contributed by atoms with Gasteiger partial charge < -0.3 is 4.90 Å². The molecule has 0 aromatic heterocycles. The second-order valence-electron chi connectivity index (χ2n) is 5.64. The first-order valence-corrected chi connectivity index (χ1v) is 8.57. The van der Waals surface area contributed by atoms with Gasteiger partial charge in [-0.2, -0.15) is 0 Å². The molecule has 1 aliphatic heterocycles. The Bertz CT molecular complexity index is 670. The van der Waals surface area contributed by atoms with Crippen molar-refractivity contribution in [2.45, 2.75) is 46.7 Å². The van der Waals surface area contributed by atoms with Crippen LogP contribution in [0.5, 0.6) is 0 Å². The lowest BCUT2D eigenvalue weighted by molar-refractivity contribution is -0.131. The molecule has 23 heavy (non-hydrogen) atoms. The predicted molar refractivity (Wildman–Crippen MR) is 98.0 cm³/mol. The first-order valence-electron chi connectivity index (χ1n) is 8.19. The third-order valence-electron chi connectivity index (χ3n) is 4.04. The van der Waals surface area contributed by atoms with Crippen LogP contribution in [-0.4, -0.2) is 10.8 Å². The molecule has 0 unspecified atom stereocenters. The number of carbonyl (C=O) groups is 1. The monoisotopic (exact) mass is 329 g/mol. The van der Waals surface area contributed by atoms with Crippen molar-refractivity contribution >= 4 is 23.1 Å². The lowest BCUT2D eigenvalue weighted by atomic mass is 9.99. The van der Waals surface area contributed by atoms with Gasteiger partial charge in [-0.1, -0.05) is 61.9 Å². The van der Waals surface area contributed by atoms with Gasteiger partial charge in [0.25, 0.3) is 0 Å². The van der Waals surface area contributed by atoms with Gasteiger partial charge in [0.15, 0.2) is 0 Å². The van der Waals surface area contributed by atoms with E-state index in [1.807, 2.05) is 30.9 Å². The van der Waals surface area contributed by atoms with Crippen molar-refractivity contribution in [1.82, 2.24) is 4.90 Å². The molecule has 0 fully saturated rings. The van der Waals surface area contributed by atoms with E-state index in [1.54, 1.807) is 0 Å². The van der Waals surface area contributed by atoms with Crippen LogP contribution in [0.4, 0.5) is 0 Å². The standard InChI is InChI=1S/C20H24ClNO/c1-4-7-8-9-18(19(21)5-2)15-10-11-16-13-22(20(23)6-3)14-17(16)12-15/h5,7-12H,4,6,13-14H2,1-3H3/b8-7+,18-9-,19-5+. The van der Waals surface area contributed by atoms with Gasteiger partial charge in [-0.3, -0.25) is 4.79 Å². The highest BCUT2D eigenvalue weighted by molar-refractivity contribution is 6.37. The first-order chi connectivity index (χ1) is 11.1. The van der Waals surface area contributed by atoms with Crippen molar-refractivity contribution < 1.29 is 4.79 Å². The number of halogens is 1. The molecule has 1 aliphatic rings. The number of amides is 1. The van der Waals surface area contributed by atoms with Gasteiger partial charge in [0.2, 0.25) is 5.91 Å². The van der Waals surface area contributed by atoms with Crippen LogP contribution in [0.25, 0.3) is 5.57 Å². The van der Waals surface area contributed by atoms with Crippen LogP contribution in [0.3, 0.4) is 0 Å². The number of hydrogen-bond donors (Lipinski definition) is 0. The zero-order valence-electron chi connectivity index (χ0n) is 14.1. The van der Waals surface area contributed by atoms with E-state index in [0.29, 0.717) is 19.5 Å². The van der Waals surface area contributed by atoms with Gasteiger partial charge in [-0.25, -0.2) is 0 Å². The Hall–Kier alpha value is -1.80. The molecule has 1 aromatic rings. The second kappa shape index (κ2) is 8.16. The van der Waals surface area contributed by atoms with E-state index in [2.05, 4.69) is 37.3 Å². The van der Waals surface area contributed by atoms with Crippen molar-refractivity contribution in [1.29, 1.82) is 0 Å². The number of benzene rings is 1. The third kappa shape index (κ3) is 4.14. The van der Waals surface area contributed by atoms with Crippen molar-refractivity contribution in [3.8, 4) is 0 Å². The summed E-state index contributed by atoms with van der Waals surface area (Å²) in [4.78, 5) is 13.8. The van der Waals surface area contributed by atoms with Crippen LogP contribution in [0.15, 0.2) is 47.5 Å². The van der Waals surface area contributed by atoms with Gasteiger partial charge in [0, 0.05) is 24.5 Å². The van der Waals surface area contributed by atoms with E-state index >= 15 is 0 Å². The largest absolute Gasteiger partial charge is 0.334 e. The van der Waals surface area contributed by atoms with E-state index in [-0.39, 0.29) is 5.91 Å². The molecule has 0 radical (unpaired) electrons. The van der Waals surface area contributed by atoms with Gasteiger partial charge in [0.05, 0.1) is 0 Å². The summed E-state index contributed by atoms with van der Waals surface area (Å²) in [7, 11) is 0. The minimum absolute atomic E-state index is 0.205. The van der Waals surface area contributed by atoms with E-state index in [4.69, 9.17) is 11.6 Å². The van der Waals surface area contributed by atoms with Crippen LogP contribution in [0, 0.1) is 0 Å². The highest BCUT2D eigenvalue weighted by Gasteiger charge is 2.22. The maximum absolute atomic E-state index is 11.9. The molecular weight excluding hydrogens is 306 g/mol. The Labute approximate surface area is 144 Å². The van der Waals surface area contributed by atoms with Gasteiger partial charge >= 0.3 is 0 Å². The third-order valence-corrected chi connectivity index (χ3v) is 4.46. The quantitative estimate of drug-likeness (QED) is 0.659. The summed E-state index contributed by atoms with van der Waals surface area (Å²) in [5.74, 6) is 0.205. The average molecular weight is 330 g/mol.